The molecule has 0 amide bonds. The summed E-state index contributed by atoms with van der Waals surface area (Å²) in [6.07, 6.45) is 0. The quantitative estimate of drug-likeness (QED) is 0.718. The van der Waals surface area contributed by atoms with E-state index in [1.54, 1.807) is 0 Å². The molecule has 0 spiro atoms. The van der Waals surface area contributed by atoms with Crippen LogP contribution in [0.4, 0.5) is 0 Å². The van der Waals surface area contributed by atoms with E-state index < -0.39 is 0 Å². The van der Waals surface area contributed by atoms with Crippen molar-refractivity contribution in [3.05, 3.63) is 42.0 Å². The lowest BCUT2D eigenvalue weighted by Crippen LogP contribution is -2.19. The second-order valence-corrected chi connectivity index (χ2v) is 5.17. The average Bonchev–Trinajstić information content (AvgIpc) is 2.26. The molecule has 2 rings (SSSR count). The fourth-order valence-corrected chi connectivity index (χ4v) is 2.03. The van der Waals surface area contributed by atoms with Gasteiger partial charge >= 0.3 is 7.48 Å². The molecule has 1 N–H and O–H groups in total. The molecule has 0 aliphatic rings. The van der Waals surface area contributed by atoms with Crippen molar-refractivity contribution in [2.45, 2.75) is 26.2 Å². The Morgan fingerprint density at radius 1 is 1.06 bits per heavy atom. The van der Waals surface area contributed by atoms with Crippen LogP contribution in [-0.2, 0) is 5.41 Å². The Balaban J connectivity index is 2.79. The predicted octanol–water partition coefficient (Wildman–Crippen LogP) is 2.37. The summed E-state index contributed by atoms with van der Waals surface area (Å²) in [6.45, 7) is 6.57. The van der Waals surface area contributed by atoms with Crippen LogP contribution in [0.25, 0.3) is 10.8 Å². The SMILES string of the molecule is CC(C)(C)c1cc([B]O)cc2ccccc12. The molecule has 0 aliphatic carbocycles. The van der Waals surface area contributed by atoms with Gasteiger partial charge in [-0.05, 0) is 21.8 Å². The van der Waals surface area contributed by atoms with Gasteiger partial charge in [-0.15, -0.1) is 0 Å². The standard InChI is InChI=1S/C14H16BO/c1-14(2,3)13-9-11(15-16)8-10-6-4-5-7-12(10)13/h4-9,16H,1-3H3. The Hall–Kier alpha value is -1.28. The Bertz CT molecular complexity index is 512. The van der Waals surface area contributed by atoms with Crippen LogP contribution in [0.3, 0.4) is 0 Å². The third kappa shape index (κ3) is 1.98. The molecule has 1 nitrogen and oxygen atoms in total. The molecule has 0 atom stereocenters. The molecule has 2 aromatic carbocycles. The number of fused-ring (bicyclic) bond motifs is 1. The summed E-state index contributed by atoms with van der Waals surface area (Å²) in [5.74, 6) is 0. The second kappa shape index (κ2) is 3.95. The Labute approximate surface area is 97.4 Å². The van der Waals surface area contributed by atoms with Gasteiger partial charge in [-0.25, -0.2) is 0 Å². The van der Waals surface area contributed by atoms with E-state index in [4.69, 9.17) is 5.02 Å². The molecule has 0 unspecified atom stereocenters. The zero-order valence-electron chi connectivity index (χ0n) is 9.99. The summed E-state index contributed by atoms with van der Waals surface area (Å²) < 4.78 is 0. The molecule has 0 fully saturated rings. The van der Waals surface area contributed by atoms with Gasteiger partial charge in [-0.1, -0.05) is 62.6 Å². The lowest BCUT2D eigenvalue weighted by molar-refractivity contribution is 0.595. The highest BCUT2D eigenvalue weighted by molar-refractivity contribution is 6.46. The number of hydrogen-bond donors (Lipinski definition) is 1. The molecule has 16 heavy (non-hydrogen) atoms. The normalized spacial score (nSPS) is 11.8. The van der Waals surface area contributed by atoms with Crippen LogP contribution in [0, 0.1) is 0 Å². The molecule has 1 radical (unpaired) electrons. The molecule has 0 aromatic heterocycles. The molecule has 2 aromatic rings. The fraction of sp³-hybridized carbons (Fsp3) is 0.286. The van der Waals surface area contributed by atoms with Gasteiger partial charge in [-0.2, -0.15) is 0 Å². The van der Waals surface area contributed by atoms with Gasteiger partial charge < -0.3 is 5.02 Å². The third-order valence-electron chi connectivity index (χ3n) is 2.84. The third-order valence-corrected chi connectivity index (χ3v) is 2.84. The van der Waals surface area contributed by atoms with Crippen LogP contribution < -0.4 is 5.46 Å². The van der Waals surface area contributed by atoms with Crippen molar-refractivity contribution in [2.75, 3.05) is 0 Å². The second-order valence-electron chi connectivity index (χ2n) is 5.17. The zero-order valence-corrected chi connectivity index (χ0v) is 9.99. The number of hydrogen-bond acceptors (Lipinski definition) is 1. The van der Waals surface area contributed by atoms with Gasteiger partial charge in [0.2, 0.25) is 0 Å². The highest BCUT2D eigenvalue weighted by Crippen LogP contribution is 2.28. The first-order chi connectivity index (χ1) is 7.52. The highest BCUT2D eigenvalue weighted by atomic mass is 16.2. The van der Waals surface area contributed by atoms with E-state index in [0.29, 0.717) is 0 Å². The molecular formula is C14H16BO. The van der Waals surface area contributed by atoms with Crippen molar-refractivity contribution in [3.63, 3.8) is 0 Å². The smallest absolute Gasteiger partial charge is 0.326 e. The lowest BCUT2D eigenvalue weighted by Gasteiger charge is -2.22. The van der Waals surface area contributed by atoms with Crippen LogP contribution in [0.2, 0.25) is 0 Å². The van der Waals surface area contributed by atoms with Crippen molar-refractivity contribution in [1.29, 1.82) is 0 Å². The zero-order chi connectivity index (χ0) is 11.8. The summed E-state index contributed by atoms with van der Waals surface area (Å²) in [6, 6.07) is 12.4. The minimum absolute atomic E-state index is 0.0820. The molecule has 0 bridgehead atoms. The van der Waals surface area contributed by atoms with Crippen LogP contribution in [0.1, 0.15) is 26.3 Å². The van der Waals surface area contributed by atoms with Gasteiger partial charge in [0.1, 0.15) is 0 Å². The van der Waals surface area contributed by atoms with Crippen molar-refractivity contribution < 1.29 is 5.02 Å². The molecule has 0 saturated heterocycles. The van der Waals surface area contributed by atoms with Gasteiger partial charge in [0.05, 0.1) is 0 Å². The van der Waals surface area contributed by atoms with E-state index in [9.17, 15) is 0 Å². The van der Waals surface area contributed by atoms with Gasteiger partial charge in [0.15, 0.2) is 0 Å². The van der Waals surface area contributed by atoms with Crippen LogP contribution in [0.15, 0.2) is 36.4 Å². The van der Waals surface area contributed by atoms with E-state index >= 15 is 0 Å². The van der Waals surface area contributed by atoms with Gasteiger partial charge in [-0.3, -0.25) is 0 Å². The van der Waals surface area contributed by atoms with E-state index in [2.05, 4.69) is 45.0 Å². The largest absolute Gasteiger partial charge is 0.450 e. The predicted molar refractivity (Wildman–Crippen MR) is 70.3 cm³/mol. The summed E-state index contributed by atoms with van der Waals surface area (Å²) in [5, 5.41) is 11.6. The van der Waals surface area contributed by atoms with E-state index in [1.807, 2.05) is 12.1 Å². The minimum atomic E-state index is 0.0820. The van der Waals surface area contributed by atoms with E-state index in [1.165, 1.54) is 23.8 Å². The lowest BCUT2D eigenvalue weighted by atomic mass is 9.78. The van der Waals surface area contributed by atoms with Crippen LogP contribution in [0.5, 0.6) is 0 Å². The van der Waals surface area contributed by atoms with E-state index in [-0.39, 0.29) is 5.41 Å². The monoisotopic (exact) mass is 211 g/mol. The molecule has 0 saturated carbocycles. The number of benzene rings is 2. The molecular weight excluding hydrogens is 195 g/mol. The maximum atomic E-state index is 9.16. The Morgan fingerprint density at radius 3 is 2.38 bits per heavy atom. The van der Waals surface area contributed by atoms with Crippen LogP contribution >= 0.6 is 0 Å². The maximum Gasteiger partial charge on any atom is 0.326 e. The first kappa shape index (κ1) is 11.2. The van der Waals surface area contributed by atoms with Crippen LogP contribution in [-0.4, -0.2) is 12.5 Å². The molecule has 0 heterocycles. The summed E-state index contributed by atoms with van der Waals surface area (Å²) in [4.78, 5) is 0. The topological polar surface area (TPSA) is 20.2 Å². The van der Waals surface area contributed by atoms with E-state index in [0.717, 1.165) is 5.46 Å². The van der Waals surface area contributed by atoms with Crippen molar-refractivity contribution in [1.82, 2.24) is 0 Å². The van der Waals surface area contributed by atoms with Gasteiger partial charge in [0.25, 0.3) is 0 Å². The summed E-state index contributed by atoms with van der Waals surface area (Å²) in [5.41, 5.74) is 2.22. The summed E-state index contributed by atoms with van der Waals surface area (Å²) in [7, 11) is 1.17. The number of rotatable bonds is 1. The first-order valence-corrected chi connectivity index (χ1v) is 5.53. The average molecular weight is 211 g/mol. The fourth-order valence-electron chi connectivity index (χ4n) is 2.03. The maximum absolute atomic E-state index is 9.16. The van der Waals surface area contributed by atoms with Gasteiger partial charge in [0, 0.05) is 0 Å². The minimum Gasteiger partial charge on any atom is -0.450 e. The summed E-state index contributed by atoms with van der Waals surface area (Å²) >= 11 is 0. The highest BCUT2D eigenvalue weighted by Gasteiger charge is 2.17. The Kier molecular flexibility index (Phi) is 2.77. The Morgan fingerprint density at radius 2 is 1.75 bits per heavy atom. The molecule has 0 aliphatic heterocycles. The van der Waals surface area contributed by atoms with Crippen molar-refractivity contribution in [2.24, 2.45) is 0 Å². The molecule has 2 heteroatoms. The molecule has 81 valence electrons. The van der Waals surface area contributed by atoms with Crippen molar-refractivity contribution in [3.8, 4) is 0 Å². The first-order valence-electron chi connectivity index (χ1n) is 5.53. The van der Waals surface area contributed by atoms with Crippen molar-refractivity contribution >= 4 is 23.7 Å².